The molecule has 2 aliphatic heterocycles. The summed E-state index contributed by atoms with van der Waals surface area (Å²) in [5.41, 5.74) is 5.58. The Morgan fingerprint density at radius 2 is 2.08 bits per heavy atom. The lowest BCUT2D eigenvalue weighted by Gasteiger charge is -2.41. The van der Waals surface area contributed by atoms with E-state index >= 15 is 0 Å². The molecule has 3 atom stereocenters. The minimum Gasteiger partial charge on any atom is -0.375 e. The molecule has 1 aromatic rings. The number of hydrogen-bond acceptors (Lipinski definition) is 6. The van der Waals surface area contributed by atoms with E-state index in [0.717, 1.165) is 64.2 Å². The average molecular weight is 334 g/mol. The van der Waals surface area contributed by atoms with Gasteiger partial charge in [-0.15, -0.1) is 5.10 Å². The highest BCUT2D eigenvalue weighted by Crippen LogP contribution is 2.32. The molecule has 0 unspecified atom stereocenters. The second-order valence-electron chi connectivity index (χ2n) is 7.16. The van der Waals surface area contributed by atoms with Crippen LogP contribution in [0.25, 0.3) is 0 Å². The van der Waals surface area contributed by atoms with Crippen molar-refractivity contribution in [2.45, 2.75) is 50.2 Å². The van der Waals surface area contributed by atoms with E-state index in [9.17, 15) is 4.79 Å². The number of H-pyrrole nitrogens is 1. The van der Waals surface area contributed by atoms with Crippen molar-refractivity contribution in [1.29, 1.82) is 0 Å². The zero-order valence-corrected chi connectivity index (χ0v) is 13.9. The lowest BCUT2D eigenvalue weighted by molar-refractivity contribution is -0.140. The van der Waals surface area contributed by atoms with Crippen LogP contribution in [0.3, 0.4) is 0 Å². The summed E-state index contributed by atoms with van der Waals surface area (Å²) in [5.74, 6) is 1.92. The molecule has 132 valence electrons. The maximum absolute atomic E-state index is 12.9. The molecule has 8 nitrogen and oxygen atoms in total. The highest BCUT2D eigenvalue weighted by molar-refractivity contribution is 5.79. The fourth-order valence-electron chi connectivity index (χ4n) is 4.34. The molecule has 2 saturated heterocycles. The summed E-state index contributed by atoms with van der Waals surface area (Å²) in [6.07, 6.45) is 4.97. The van der Waals surface area contributed by atoms with Gasteiger partial charge in [0, 0.05) is 37.5 Å². The maximum atomic E-state index is 12.9. The minimum absolute atomic E-state index is 0.137. The Balaban J connectivity index is 1.31. The monoisotopic (exact) mass is 334 g/mol. The number of hydrogen-bond donors (Lipinski definition) is 3. The van der Waals surface area contributed by atoms with Gasteiger partial charge in [0.15, 0.2) is 0 Å². The quantitative estimate of drug-likeness (QED) is 0.715. The van der Waals surface area contributed by atoms with Gasteiger partial charge in [0.25, 0.3) is 0 Å². The SMILES string of the molecule is Nc1n[nH]c(C2CCN(C(=O)[C@H]3CC[C@H]4OCCN[C@@H]4C3)CC2)n1. The zero-order chi connectivity index (χ0) is 16.5. The first kappa shape index (κ1) is 15.8. The predicted molar refractivity (Wildman–Crippen MR) is 88.2 cm³/mol. The number of carbonyl (C=O) groups excluding carboxylic acids is 1. The molecule has 0 radical (unpaired) electrons. The van der Waals surface area contributed by atoms with Crippen LogP contribution in [0.15, 0.2) is 0 Å². The second kappa shape index (κ2) is 6.68. The fraction of sp³-hybridized carbons (Fsp3) is 0.812. The van der Waals surface area contributed by atoms with Gasteiger partial charge in [-0.3, -0.25) is 9.89 Å². The van der Waals surface area contributed by atoms with E-state index in [1.54, 1.807) is 0 Å². The van der Waals surface area contributed by atoms with E-state index in [-0.39, 0.29) is 5.92 Å². The van der Waals surface area contributed by atoms with Crippen LogP contribution < -0.4 is 11.1 Å². The molecule has 1 aliphatic carbocycles. The van der Waals surface area contributed by atoms with Gasteiger partial charge in [-0.1, -0.05) is 0 Å². The molecular weight excluding hydrogens is 308 g/mol. The molecule has 1 aromatic heterocycles. The maximum Gasteiger partial charge on any atom is 0.239 e. The van der Waals surface area contributed by atoms with Gasteiger partial charge in [0.2, 0.25) is 11.9 Å². The lowest BCUT2D eigenvalue weighted by atomic mass is 9.81. The first-order chi connectivity index (χ1) is 11.7. The van der Waals surface area contributed by atoms with Crippen LogP contribution in [0.4, 0.5) is 5.95 Å². The molecule has 24 heavy (non-hydrogen) atoms. The third kappa shape index (κ3) is 3.12. The smallest absolute Gasteiger partial charge is 0.239 e. The summed E-state index contributed by atoms with van der Waals surface area (Å²) >= 11 is 0. The number of fused-ring (bicyclic) bond motifs is 1. The standard InChI is InChI=1S/C16H26N6O2/c17-16-19-14(20-21-16)10-3-6-22(7-4-10)15(23)11-1-2-13-12(9-11)18-5-8-24-13/h10-13,18H,1-9H2,(H3,17,19,20,21)/t11-,12+,13+/m0/s1. The third-order valence-corrected chi connectivity index (χ3v) is 5.69. The first-order valence-electron chi connectivity index (χ1n) is 9.02. The van der Waals surface area contributed by atoms with E-state index < -0.39 is 0 Å². The fourth-order valence-corrected chi connectivity index (χ4v) is 4.34. The van der Waals surface area contributed by atoms with Gasteiger partial charge in [-0.2, -0.15) is 4.98 Å². The number of nitrogen functional groups attached to an aromatic ring is 1. The Morgan fingerprint density at radius 1 is 1.25 bits per heavy atom. The summed E-state index contributed by atoms with van der Waals surface area (Å²) in [7, 11) is 0. The number of aromatic nitrogens is 3. The predicted octanol–water partition coefficient (Wildman–Crippen LogP) is 0.250. The Labute approximate surface area is 141 Å². The van der Waals surface area contributed by atoms with Crippen LogP contribution in [0.5, 0.6) is 0 Å². The normalized spacial score (nSPS) is 31.7. The van der Waals surface area contributed by atoms with E-state index in [0.29, 0.717) is 29.9 Å². The minimum atomic E-state index is 0.137. The molecule has 1 saturated carbocycles. The number of aromatic amines is 1. The second-order valence-corrected chi connectivity index (χ2v) is 7.16. The summed E-state index contributed by atoms with van der Waals surface area (Å²) in [5, 5.41) is 10.3. The van der Waals surface area contributed by atoms with Gasteiger partial charge in [-0.05, 0) is 32.1 Å². The number of carbonyl (C=O) groups is 1. The van der Waals surface area contributed by atoms with Crippen LogP contribution in [-0.2, 0) is 9.53 Å². The van der Waals surface area contributed by atoms with Crippen molar-refractivity contribution in [2.75, 3.05) is 32.0 Å². The molecule has 8 heteroatoms. The van der Waals surface area contributed by atoms with Gasteiger partial charge < -0.3 is 20.7 Å². The number of nitrogens with one attached hydrogen (secondary N) is 2. The van der Waals surface area contributed by atoms with E-state index in [1.807, 2.05) is 4.90 Å². The number of piperidine rings is 1. The van der Waals surface area contributed by atoms with Gasteiger partial charge in [0.1, 0.15) is 5.82 Å². The topological polar surface area (TPSA) is 109 Å². The number of likely N-dealkylation sites (tertiary alicyclic amines) is 1. The first-order valence-corrected chi connectivity index (χ1v) is 9.02. The van der Waals surface area contributed by atoms with E-state index in [4.69, 9.17) is 10.5 Å². The number of anilines is 1. The number of nitrogens with two attached hydrogens (primary N) is 1. The highest BCUT2D eigenvalue weighted by atomic mass is 16.5. The summed E-state index contributed by atoms with van der Waals surface area (Å²) in [6, 6.07) is 0.344. The Bertz CT molecular complexity index is 583. The van der Waals surface area contributed by atoms with Crippen molar-refractivity contribution < 1.29 is 9.53 Å². The van der Waals surface area contributed by atoms with E-state index in [1.165, 1.54) is 0 Å². The van der Waals surface area contributed by atoms with Gasteiger partial charge in [-0.25, -0.2) is 0 Å². The highest BCUT2D eigenvalue weighted by Gasteiger charge is 2.38. The van der Waals surface area contributed by atoms with Crippen molar-refractivity contribution in [2.24, 2.45) is 5.92 Å². The third-order valence-electron chi connectivity index (χ3n) is 5.69. The molecule has 1 amide bonds. The summed E-state index contributed by atoms with van der Waals surface area (Å²) in [4.78, 5) is 19.1. The van der Waals surface area contributed by atoms with E-state index in [2.05, 4.69) is 20.5 Å². The zero-order valence-electron chi connectivity index (χ0n) is 13.9. The van der Waals surface area contributed by atoms with Crippen LogP contribution >= 0.6 is 0 Å². The Kier molecular flexibility index (Phi) is 4.41. The number of amides is 1. The van der Waals surface area contributed by atoms with Crippen LogP contribution in [-0.4, -0.2) is 64.4 Å². The van der Waals surface area contributed by atoms with Crippen molar-refractivity contribution in [3.8, 4) is 0 Å². The average Bonchev–Trinajstić information content (AvgIpc) is 3.07. The molecule has 0 spiro atoms. The molecule has 4 N–H and O–H groups in total. The molecule has 0 aromatic carbocycles. The number of ether oxygens (including phenoxy) is 1. The summed E-state index contributed by atoms with van der Waals surface area (Å²) in [6.45, 7) is 3.27. The number of nitrogens with zero attached hydrogens (tertiary/aromatic N) is 3. The van der Waals surface area contributed by atoms with Crippen LogP contribution in [0, 0.1) is 5.92 Å². The molecule has 4 rings (SSSR count). The molecule has 3 heterocycles. The lowest BCUT2D eigenvalue weighted by Crippen LogP contribution is -2.53. The molecule has 0 bridgehead atoms. The van der Waals surface area contributed by atoms with Gasteiger partial charge in [0.05, 0.1) is 12.7 Å². The number of morpholine rings is 1. The Morgan fingerprint density at radius 3 is 2.83 bits per heavy atom. The van der Waals surface area contributed by atoms with Crippen molar-refractivity contribution in [1.82, 2.24) is 25.4 Å². The summed E-state index contributed by atoms with van der Waals surface area (Å²) < 4.78 is 5.81. The molecule has 3 aliphatic rings. The molecular formula is C16H26N6O2. The largest absolute Gasteiger partial charge is 0.375 e. The number of rotatable bonds is 2. The van der Waals surface area contributed by atoms with Crippen molar-refractivity contribution in [3.63, 3.8) is 0 Å². The molecule has 3 fully saturated rings. The van der Waals surface area contributed by atoms with Crippen LogP contribution in [0.2, 0.25) is 0 Å². The van der Waals surface area contributed by atoms with Crippen LogP contribution in [0.1, 0.15) is 43.8 Å². The Hall–Kier alpha value is -1.67. The van der Waals surface area contributed by atoms with Crippen molar-refractivity contribution in [3.05, 3.63) is 5.82 Å². The van der Waals surface area contributed by atoms with Crippen molar-refractivity contribution >= 4 is 11.9 Å². The van der Waals surface area contributed by atoms with Gasteiger partial charge >= 0.3 is 0 Å².